The highest BCUT2D eigenvalue weighted by atomic mass is 16.5. The van der Waals surface area contributed by atoms with Gasteiger partial charge in [0.1, 0.15) is 11.5 Å². The van der Waals surface area contributed by atoms with E-state index in [2.05, 4.69) is 5.32 Å². The van der Waals surface area contributed by atoms with E-state index < -0.39 is 0 Å². The summed E-state index contributed by atoms with van der Waals surface area (Å²) < 4.78 is 5.22. The van der Waals surface area contributed by atoms with Crippen LogP contribution in [0.15, 0.2) is 42.5 Å². The number of ether oxygens (including phenoxy) is 1. The maximum Gasteiger partial charge on any atom is 0.248 e. The maximum atomic E-state index is 11.9. The lowest BCUT2D eigenvalue weighted by Crippen LogP contribution is -2.07. The number of amides is 1. The Labute approximate surface area is 130 Å². The van der Waals surface area contributed by atoms with Crippen molar-refractivity contribution in [3.05, 3.63) is 59.2 Å². The predicted molar refractivity (Wildman–Crippen MR) is 88.2 cm³/mol. The number of rotatable bonds is 4. The predicted octanol–water partition coefficient (Wildman–Crippen LogP) is 3.67. The van der Waals surface area contributed by atoms with Gasteiger partial charge in [-0.2, -0.15) is 0 Å². The summed E-state index contributed by atoms with van der Waals surface area (Å²) >= 11 is 0. The van der Waals surface area contributed by atoms with Gasteiger partial charge in [-0.25, -0.2) is 0 Å². The molecule has 0 aliphatic rings. The summed E-state index contributed by atoms with van der Waals surface area (Å²) in [4.78, 5) is 11.9. The van der Waals surface area contributed by atoms with Gasteiger partial charge in [0, 0.05) is 6.08 Å². The molecule has 4 heteroatoms. The first-order valence-electron chi connectivity index (χ1n) is 6.93. The molecular weight excluding hydrogens is 278 g/mol. The molecule has 0 atom stereocenters. The lowest BCUT2D eigenvalue weighted by molar-refractivity contribution is -0.111. The van der Waals surface area contributed by atoms with Gasteiger partial charge >= 0.3 is 0 Å². The van der Waals surface area contributed by atoms with Crippen LogP contribution in [-0.4, -0.2) is 18.1 Å². The van der Waals surface area contributed by atoms with Crippen LogP contribution in [0.4, 0.5) is 5.69 Å². The fourth-order valence-corrected chi connectivity index (χ4v) is 2.23. The molecule has 0 aromatic heterocycles. The van der Waals surface area contributed by atoms with Gasteiger partial charge in [0.2, 0.25) is 5.91 Å². The summed E-state index contributed by atoms with van der Waals surface area (Å²) in [5.41, 5.74) is 3.43. The van der Waals surface area contributed by atoms with Crippen molar-refractivity contribution in [2.45, 2.75) is 13.8 Å². The summed E-state index contributed by atoms with van der Waals surface area (Å²) in [5, 5.41) is 12.3. The van der Waals surface area contributed by atoms with Gasteiger partial charge in [-0.3, -0.25) is 4.79 Å². The van der Waals surface area contributed by atoms with E-state index in [4.69, 9.17) is 4.74 Å². The number of methoxy groups -OCH3 is 1. The van der Waals surface area contributed by atoms with Crippen LogP contribution in [0, 0.1) is 13.8 Å². The molecule has 0 aliphatic carbocycles. The number of para-hydroxylation sites is 2. The van der Waals surface area contributed by atoms with Crippen molar-refractivity contribution < 1.29 is 14.6 Å². The summed E-state index contributed by atoms with van der Waals surface area (Å²) in [6.45, 7) is 3.94. The third-order valence-corrected chi connectivity index (χ3v) is 3.37. The Morgan fingerprint density at radius 3 is 2.41 bits per heavy atom. The molecule has 0 bridgehead atoms. The van der Waals surface area contributed by atoms with Crippen molar-refractivity contribution in [3.8, 4) is 11.5 Å². The van der Waals surface area contributed by atoms with E-state index in [0.717, 1.165) is 22.4 Å². The Morgan fingerprint density at radius 2 is 1.82 bits per heavy atom. The Morgan fingerprint density at radius 1 is 1.18 bits per heavy atom. The number of aromatic hydroxyl groups is 1. The highest BCUT2D eigenvalue weighted by Crippen LogP contribution is 2.23. The number of anilines is 1. The van der Waals surface area contributed by atoms with Gasteiger partial charge < -0.3 is 15.2 Å². The van der Waals surface area contributed by atoms with Crippen molar-refractivity contribution in [1.29, 1.82) is 0 Å². The lowest BCUT2D eigenvalue weighted by Gasteiger charge is -2.09. The minimum atomic E-state index is -0.295. The van der Waals surface area contributed by atoms with Crippen LogP contribution in [0.1, 0.15) is 16.7 Å². The van der Waals surface area contributed by atoms with Crippen molar-refractivity contribution in [3.63, 3.8) is 0 Å². The topological polar surface area (TPSA) is 58.6 Å². The number of benzene rings is 2. The number of phenols is 1. The van der Waals surface area contributed by atoms with Gasteiger partial charge in [-0.05, 0) is 60.9 Å². The molecule has 2 rings (SSSR count). The second kappa shape index (κ2) is 6.80. The van der Waals surface area contributed by atoms with E-state index in [9.17, 15) is 9.90 Å². The normalized spacial score (nSPS) is 10.7. The molecule has 0 unspecified atom stereocenters. The number of carbonyl (C=O) groups excluding carboxylic acids is 1. The van der Waals surface area contributed by atoms with E-state index in [1.54, 1.807) is 31.4 Å². The molecule has 22 heavy (non-hydrogen) atoms. The molecule has 0 saturated carbocycles. The highest BCUT2D eigenvalue weighted by molar-refractivity contribution is 6.02. The minimum absolute atomic E-state index is 0.0426. The molecule has 0 radical (unpaired) electrons. The fourth-order valence-electron chi connectivity index (χ4n) is 2.23. The molecule has 114 valence electrons. The van der Waals surface area contributed by atoms with Gasteiger partial charge in [0.15, 0.2) is 0 Å². The average Bonchev–Trinajstić information content (AvgIpc) is 2.48. The first kappa shape index (κ1) is 15.6. The number of hydrogen-bond acceptors (Lipinski definition) is 3. The van der Waals surface area contributed by atoms with Gasteiger partial charge in [-0.15, -0.1) is 0 Å². The zero-order chi connectivity index (χ0) is 16.1. The van der Waals surface area contributed by atoms with Crippen LogP contribution < -0.4 is 10.1 Å². The average molecular weight is 297 g/mol. The van der Waals surface area contributed by atoms with Crippen LogP contribution in [0.25, 0.3) is 6.08 Å². The SMILES string of the molecule is COc1cc(C)c(/C=C/C(=O)Nc2ccccc2O)c(C)c1. The van der Waals surface area contributed by atoms with Crippen LogP contribution in [0.2, 0.25) is 0 Å². The van der Waals surface area contributed by atoms with E-state index in [0.29, 0.717) is 5.69 Å². The van der Waals surface area contributed by atoms with Crippen molar-refractivity contribution >= 4 is 17.7 Å². The quantitative estimate of drug-likeness (QED) is 0.668. The second-order valence-electron chi connectivity index (χ2n) is 5.01. The Balaban J connectivity index is 2.15. The highest BCUT2D eigenvalue weighted by Gasteiger charge is 2.05. The van der Waals surface area contributed by atoms with Crippen LogP contribution in [0.5, 0.6) is 11.5 Å². The van der Waals surface area contributed by atoms with Crippen LogP contribution in [0.3, 0.4) is 0 Å². The van der Waals surface area contributed by atoms with E-state index >= 15 is 0 Å². The number of aryl methyl sites for hydroxylation is 2. The van der Waals surface area contributed by atoms with Crippen molar-refractivity contribution in [2.24, 2.45) is 0 Å². The first-order valence-corrected chi connectivity index (χ1v) is 6.93. The Hall–Kier alpha value is -2.75. The molecule has 0 aliphatic heterocycles. The molecule has 2 aromatic rings. The smallest absolute Gasteiger partial charge is 0.248 e. The number of phenolic OH excluding ortho intramolecular Hbond substituents is 1. The largest absolute Gasteiger partial charge is 0.506 e. The number of nitrogens with one attached hydrogen (secondary N) is 1. The molecule has 1 amide bonds. The van der Waals surface area contributed by atoms with E-state index in [1.807, 2.05) is 26.0 Å². The molecule has 0 heterocycles. The Kier molecular flexibility index (Phi) is 4.84. The Bertz CT molecular complexity index is 697. The van der Waals surface area contributed by atoms with E-state index in [-0.39, 0.29) is 11.7 Å². The van der Waals surface area contributed by atoms with Gasteiger partial charge in [0.05, 0.1) is 12.8 Å². The van der Waals surface area contributed by atoms with Crippen LogP contribution >= 0.6 is 0 Å². The fraction of sp³-hybridized carbons (Fsp3) is 0.167. The second-order valence-corrected chi connectivity index (χ2v) is 5.01. The van der Waals surface area contributed by atoms with Crippen molar-refractivity contribution in [2.75, 3.05) is 12.4 Å². The lowest BCUT2D eigenvalue weighted by atomic mass is 10.0. The molecule has 0 fully saturated rings. The number of carbonyl (C=O) groups is 1. The standard InChI is InChI=1S/C18H19NO3/c1-12-10-14(22-3)11-13(2)15(12)8-9-18(21)19-16-6-4-5-7-17(16)20/h4-11,20H,1-3H3,(H,19,21)/b9-8+. The molecule has 2 N–H and O–H groups in total. The third kappa shape index (κ3) is 3.67. The molecule has 2 aromatic carbocycles. The van der Waals surface area contributed by atoms with Gasteiger partial charge in [0.25, 0.3) is 0 Å². The minimum Gasteiger partial charge on any atom is -0.506 e. The third-order valence-electron chi connectivity index (χ3n) is 3.37. The van der Waals surface area contributed by atoms with Crippen LogP contribution in [-0.2, 0) is 4.79 Å². The molecule has 0 spiro atoms. The molecule has 4 nitrogen and oxygen atoms in total. The van der Waals surface area contributed by atoms with E-state index in [1.165, 1.54) is 12.1 Å². The van der Waals surface area contributed by atoms with Crippen molar-refractivity contribution in [1.82, 2.24) is 0 Å². The summed E-state index contributed by atoms with van der Waals surface area (Å²) in [7, 11) is 1.63. The summed E-state index contributed by atoms with van der Waals surface area (Å²) in [5.74, 6) is 0.544. The zero-order valence-corrected chi connectivity index (χ0v) is 12.9. The zero-order valence-electron chi connectivity index (χ0n) is 12.9. The molecular formula is C18H19NO3. The first-order chi connectivity index (χ1) is 10.5. The summed E-state index contributed by atoms with van der Waals surface area (Å²) in [6.07, 6.45) is 3.22. The van der Waals surface area contributed by atoms with Gasteiger partial charge in [-0.1, -0.05) is 12.1 Å². The summed E-state index contributed by atoms with van der Waals surface area (Å²) in [6, 6.07) is 10.5. The molecule has 0 saturated heterocycles. The maximum absolute atomic E-state index is 11.9. The number of hydrogen-bond donors (Lipinski definition) is 2. The monoisotopic (exact) mass is 297 g/mol.